The van der Waals surface area contributed by atoms with Gasteiger partial charge in [0.15, 0.2) is 11.5 Å². The molecule has 1 heterocycles. The highest BCUT2D eigenvalue weighted by Gasteiger charge is 2.27. The number of hydrogen-bond donors (Lipinski definition) is 1. The summed E-state index contributed by atoms with van der Waals surface area (Å²) in [6, 6.07) is 11.4. The van der Waals surface area contributed by atoms with E-state index in [1.807, 2.05) is 19.1 Å². The molecule has 1 fully saturated rings. The Morgan fingerprint density at radius 2 is 1.67 bits per heavy atom. The van der Waals surface area contributed by atoms with E-state index in [4.69, 9.17) is 9.47 Å². The summed E-state index contributed by atoms with van der Waals surface area (Å²) < 4.78 is 37.4. The third-order valence-electron chi connectivity index (χ3n) is 5.34. The van der Waals surface area contributed by atoms with Crippen molar-refractivity contribution in [2.24, 2.45) is 0 Å². The molecule has 8 heteroatoms. The first-order chi connectivity index (χ1) is 14.4. The summed E-state index contributed by atoms with van der Waals surface area (Å²) in [4.78, 5) is 13.0. The second kappa shape index (κ2) is 9.49. The highest BCUT2D eigenvalue weighted by atomic mass is 32.2. The van der Waals surface area contributed by atoms with E-state index in [-0.39, 0.29) is 16.8 Å². The summed E-state index contributed by atoms with van der Waals surface area (Å²) >= 11 is 0. The highest BCUT2D eigenvalue weighted by Crippen LogP contribution is 2.31. The van der Waals surface area contributed by atoms with Gasteiger partial charge in [-0.15, -0.1) is 0 Å². The van der Waals surface area contributed by atoms with Crippen LogP contribution in [0.25, 0.3) is 0 Å². The number of hydrogen-bond acceptors (Lipinski definition) is 5. The molecule has 2 aromatic carbocycles. The van der Waals surface area contributed by atoms with Gasteiger partial charge in [-0.2, -0.15) is 4.31 Å². The predicted molar refractivity (Wildman–Crippen MR) is 114 cm³/mol. The van der Waals surface area contributed by atoms with Gasteiger partial charge in [0, 0.05) is 18.7 Å². The molecule has 1 N–H and O–H groups in total. The average molecular weight is 433 g/mol. The van der Waals surface area contributed by atoms with Crippen LogP contribution in [0.2, 0.25) is 0 Å². The van der Waals surface area contributed by atoms with Gasteiger partial charge < -0.3 is 14.8 Å². The van der Waals surface area contributed by atoms with Gasteiger partial charge in [0.05, 0.1) is 25.2 Å². The van der Waals surface area contributed by atoms with Crippen molar-refractivity contribution in [3.05, 3.63) is 53.6 Å². The molecule has 1 atom stereocenters. The smallest absolute Gasteiger partial charge is 0.251 e. The normalized spacial score (nSPS) is 15.6. The monoisotopic (exact) mass is 432 g/mol. The lowest BCUT2D eigenvalue weighted by atomic mass is 10.0. The number of amides is 1. The minimum Gasteiger partial charge on any atom is -0.493 e. The minimum atomic E-state index is -3.49. The molecule has 1 aliphatic rings. The van der Waals surface area contributed by atoms with Gasteiger partial charge in [-0.25, -0.2) is 8.42 Å². The molecule has 0 spiro atoms. The quantitative estimate of drug-likeness (QED) is 0.691. The van der Waals surface area contributed by atoms with E-state index in [1.165, 1.54) is 16.4 Å². The van der Waals surface area contributed by atoms with Crippen LogP contribution in [0.1, 0.15) is 48.1 Å². The van der Waals surface area contributed by atoms with Crippen LogP contribution in [-0.2, 0) is 10.0 Å². The lowest BCUT2D eigenvalue weighted by Gasteiger charge is -2.19. The Bertz CT molecular complexity index is 983. The molecule has 1 aliphatic heterocycles. The van der Waals surface area contributed by atoms with Gasteiger partial charge in [-0.1, -0.05) is 13.0 Å². The maximum atomic E-state index is 12.8. The summed E-state index contributed by atoms with van der Waals surface area (Å²) in [5.41, 5.74) is 1.31. The molecular formula is C22H28N2O5S. The molecule has 162 valence electrons. The summed E-state index contributed by atoms with van der Waals surface area (Å²) in [5, 5.41) is 3.01. The zero-order chi connectivity index (χ0) is 21.7. The van der Waals surface area contributed by atoms with E-state index in [2.05, 4.69) is 5.32 Å². The molecule has 0 bridgehead atoms. The molecule has 0 aliphatic carbocycles. The van der Waals surface area contributed by atoms with E-state index in [0.29, 0.717) is 36.6 Å². The first kappa shape index (κ1) is 22.1. The third kappa shape index (κ3) is 4.60. The van der Waals surface area contributed by atoms with E-state index in [1.54, 1.807) is 32.4 Å². The number of nitrogens with zero attached hydrogens (tertiary/aromatic N) is 1. The van der Waals surface area contributed by atoms with Crippen molar-refractivity contribution >= 4 is 15.9 Å². The van der Waals surface area contributed by atoms with Crippen molar-refractivity contribution in [1.29, 1.82) is 0 Å². The number of benzene rings is 2. The van der Waals surface area contributed by atoms with Gasteiger partial charge in [-0.3, -0.25) is 4.79 Å². The van der Waals surface area contributed by atoms with Crippen molar-refractivity contribution in [3.63, 3.8) is 0 Å². The Morgan fingerprint density at radius 3 is 2.23 bits per heavy atom. The molecule has 0 saturated carbocycles. The van der Waals surface area contributed by atoms with Crippen molar-refractivity contribution in [2.75, 3.05) is 27.3 Å². The molecule has 0 unspecified atom stereocenters. The van der Waals surface area contributed by atoms with Gasteiger partial charge in [0.25, 0.3) is 5.91 Å². The van der Waals surface area contributed by atoms with Crippen LogP contribution in [0.15, 0.2) is 47.4 Å². The highest BCUT2D eigenvalue weighted by molar-refractivity contribution is 7.89. The fourth-order valence-electron chi connectivity index (χ4n) is 3.59. The van der Waals surface area contributed by atoms with Crippen LogP contribution in [0.4, 0.5) is 0 Å². The zero-order valence-corrected chi connectivity index (χ0v) is 18.4. The lowest BCUT2D eigenvalue weighted by molar-refractivity contribution is 0.0935. The number of rotatable bonds is 8. The van der Waals surface area contributed by atoms with Crippen LogP contribution in [-0.4, -0.2) is 45.9 Å². The Balaban J connectivity index is 1.74. The summed E-state index contributed by atoms with van der Waals surface area (Å²) in [6.07, 6.45) is 2.45. The molecule has 1 amide bonds. The molecule has 2 aromatic rings. The maximum Gasteiger partial charge on any atom is 0.251 e. The van der Waals surface area contributed by atoms with Crippen molar-refractivity contribution in [2.45, 2.75) is 37.1 Å². The van der Waals surface area contributed by atoms with Crippen LogP contribution in [0.3, 0.4) is 0 Å². The summed E-state index contributed by atoms with van der Waals surface area (Å²) in [6.45, 7) is 3.08. The van der Waals surface area contributed by atoms with E-state index in [9.17, 15) is 13.2 Å². The third-order valence-corrected chi connectivity index (χ3v) is 7.26. The van der Waals surface area contributed by atoms with Crippen LogP contribution < -0.4 is 14.8 Å². The Morgan fingerprint density at radius 1 is 1.03 bits per heavy atom. The first-order valence-corrected chi connectivity index (χ1v) is 11.5. The fourth-order valence-corrected chi connectivity index (χ4v) is 5.11. The second-order valence-electron chi connectivity index (χ2n) is 7.18. The van der Waals surface area contributed by atoms with Crippen LogP contribution >= 0.6 is 0 Å². The van der Waals surface area contributed by atoms with E-state index in [0.717, 1.165) is 18.4 Å². The Labute approximate surface area is 178 Å². The van der Waals surface area contributed by atoms with E-state index < -0.39 is 10.0 Å². The maximum absolute atomic E-state index is 12.8. The molecule has 1 saturated heterocycles. The second-order valence-corrected chi connectivity index (χ2v) is 9.12. The Hall–Kier alpha value is -2.58. The fraction of sp³-hybridized carbons (Fsp3) is 0.409. The van der Waals surface area contributed by atoms with Crippen LogP contribution in [0, 0.1) is 0 Å². The Kier molecular flexibility index (Phi) is 6.99. The molecule has 30 heavy (non-hydrogen) atoms. The number of sulfonamides is 1. The molecule has 0 aromatic heterocycles. The predicted octanol–water partition coefficient (Wildman–Crippen LogP) is 3.37. The van der Waals surface area contributed by atoms with Gasteiger partial charge in [0.2, 0.25) is 10.0 Å². The SMILES string of the molecule is CC[C@H](NC(=O)c1ccc(S(=O)(=O)N2CCCC2)cc1)c1ccc(OC)c(OC)c1. The number of carbonyl (C=O) groups is 1. The van der Waals surface area contributed by atoms with E-state index >= 15 is 0 Å². The topological polar surface area (TPSA) is 84.9 Å². The standard InChI is InChI=1S/C22H28N2O5S/c1-4-19(17-9-12-20(28-2)21(15-17)29-3)23-22(25)16-7-10-18(11-8-16)30(26,27)24-13-5-6-14-24/h7-12,15,19H,4-6,13-14H2,1-3H3,(H,23,25)/t19-/m0/s1. The lowest BCUT2D eigenvalue weighted by Crippen LogP contribution is -2.29. The van der Waals surface area contributed by atoms with Gasteiger partial charge >= 0.3 is 0 Å². The van der Waals surface area contributed by atoms with Gasteiger partial charge in [-0.05, 0) is 61.2 Å². The molecule has 3 rings (SSSR count). The largest absolute Gasteiger partial charge is 0.493 e. The minimum absolute atomic E-state index is 0.216. The molecular weight excluding hydrogens is 404 g/mol. The molecule has 0 radical (unpaired) electrons. The number of ether oxygens (including phenoxy) is 2. The zero-order valence-electron chi connectivity index (χ0n) is 17.6. The summed E-state index contributed by atoms with van der Waals surface area (Å²) in [7, 11) is -0.348. The first-order valence-electron chi connectivity index (χ1n) is 10.0. The average Bonchev–Trinajstić information content (AvgIpc) is 3.33. The van der Waals surface area contributed by atoms with Crippen molar-refractivity contribution in [1.82, 2.24) is 9.62 Å². The van der Waals surface area contributed by atoms with Crippen LogP contribution in [0.5, 0.6) is 11.5 Å². The van der Waals surface area contributed by atoms with Crippen molar-refractivity contribution < 1.29 is 22.7 Å². The van der Waals surface area contributed by atoms with Gasteiger partial charge in [0.1, 0.15) is 0 Å². The number of carbonyl (C=O) groups excluding carboxylic acids is 1. The number of nitrogens with one attached hydrogen (secondary N) is 1. The summed E-state index contributed by atoms with van der Waals surface area (Å²) in [5.74, 6) is 0.957. The number of methoxy groups -OCH3 is 2. The molecule has 7 nitrogen and oxygen atoms in total. The van der Waals surface area contributed by atoms with Crippen molar-refractivity contribution in [3.8, 4) is 11.5 Å².